The third-order valence-corrected chi connectivity index (χ3v) is 3.64. The fraction of sp³-hybridized carbons (Fsp3) is 0.385. The van der Waals surface area contributed by atoms with Gasteiger partial charge in [0, 0.05) is 13.1 Å². The monoisotopic (exact) mass is 296 g/mol. The first kappa shape index (κ1) is 16.0. The minimum absolute atomic E-state index is 0.121. The molecule has 6 nitrogen and oxygen atoms in total. The Morgan fingerprint density at radius 1 is 1.45 bits per heavy atom. The van der Waals surface area contributed by atoms with Gasteiger partial charge in [0.05, 0.1) is 11.3 Å². The van der Waals surface area contributed by atoms with Crippen molar-refractivity contribution in [3.8, 4) is 0 Å². The average Bonchev–Trinajstić information content (AvgIpc) is 2.70. The zero-order chi connectivity index (χ0) is 15.3. The Bertz CT molecular complexity index is 523. The van der Waals surface area contributed by atoms with Crippen molar-refractivity contribution in [3.63, 3.8) is 0 Å². The molecule has 1 heterocycles. The first-order chi connectivity index (χ1) is 9.38. The summed E-state index contributed by atoms with van der Waals surface area (Å²) in [4.78, 5) is 23.7. The van der Waals surface area contributed by atoms with Crippen LogP contribution >= 0.6 is 11.3 Å². The molecular formula is C13H20N4O2S. The fourth-order valence-corrected chi connectivity index (χ4v) is 2.57. The molecule has 1 rings (SSSR count). The Morgan fingerprint density at radius 2 is 2.10 bits per heavy atom. The van der Waals surface area contributed by atoms with Crippen LogP contribution in [-0.4, -0.2) is 24.9 Å². The first-order valence-electron chi connectivity index (χ1n) is 6.23. The van der Waals surface area contributed by atoms with Crippen molar-refractivity contribution in [3.05, 3.63) is 23.1 Å². The number of nitrogens with one attached hydrogen (secondary N) is 2. The molecule has 0 unspecified atom stereocenters. The molecule has 0 aliphatic carbocycles. The largest absolute Gasteiger partial charge is 0.397 e. The second kappa shape index (κ2) is 6.95. The molecule has 0 bridgehead atoms. The number of primary amides is 1. The van der Waals surface area contributed by atoms with E-state index in [1.165, 1.54) is 0 Å². The molecule has 1 aromatic rings. The summed E-state index contributed by atoms with van der Waals surface area (Å²) in [5, 5.41) is 6.27. The number of nitrogens with two attached hydrogens (primary N) is 2. The maximum Gasteiger partial charge on any atom is 0.263 e. The smallest absolute Gasteiger partial charge is 0.263 e. The normalized spacial score (nSPS) is 10.3. The van der Waals surface area contributed by atoms with E-state index in [1.807, 2.05) is 13.8 Å². The second-order valence-electron chi connectivity index (χ2n) is 4.69. The lowest BCUT2D eigenvalue weighted by Gasteiger charge is -2.07. The lowest BCUT2D eigenvalue weighted by Crippen LogP contribution is -2.23. The van der Waals surface area contributed by atoms with E-state index < -0.39 is 5.91 Å². The molecule has 2 amide bonds. The summed E-state index contributed by atoms with van der Waals surface area (Å²) in [6, 6.07) is 0. The molecule has 7 heteroatoms. The van der Waals surface area contributed by atoms with Crippen LogP contribution in [0.5, 0.6) is 0 Å². The molecule has 0 fully saturated rings. The number of carbonyl (C=O) groups excluding carboxylic acids is 2. The van der Waals surface area contributed by atoms with Crippen molar-refractivity contribution in [2.45, 2.75) is 13.8 Å². The standard InChI is InChI=1S/C13H20N4O2S/c1-4-5-16-12(19)10-9(14)8(11(15)18)13(20-10)17-6-7(2)3/h4,7,17H,1,5-6,14H2,2-3H3,(H2,15,18)(H,16,19). The lowest BCUT2D eigenvalue weighted by atomic mass is 10.2. The third-order valence-electron chi connectivity index (χ3n) is 2.48. The number of amides is 2. The van der Waals surface area contributed by atoms with E-state index in [-0.39, 0.29) is 22.0 Å². The van der Waals surface area contributed by atoms with Gasteiger partial charge in [0.25, 0.3) is 11.8 Å². The highest BCUT2D eigenvalue weighted by atomic mass is 32.1. The highest BCUT2D eigenvalue weighted by molar-refractivity contribution is 7.19. The van der Waals surface area contributed by atoms with E-state index in [0.29, 0.717) is 24.0 Å². The molecule has 0 aromatic carbocycles. The number of hydrogen-bond acceptors (Lipinski definition) is 5. The molecule has 0 saturated heterocycles. The molecule has 0 atom stereocenters. The minimum Gasteiger partial charge on any atom is -0.397 e. The van der Waals surface area contributed by atoms with Crippen molar-refractivity contribution >= 4 is 33.8 Å². The Balaban J connectivity index is 3.08. The van der Waals surface area contributed by atoms with Gasteiger partial charge in [-0.3, -0.25) is 9.59 Å². The maximum atomic E-state index is 11.9. The number of thiophene rings is 1. The van der Waals surface area contributed by atoms with Gasteiger partial charge in [-0.1, -0.05) is 19.9 Å². The Labute approximate surface area is 122 Å². The number of anilines is 2. The van der Waals surface area contributed by atoms with Crippen LogP contribution in [0.25, 0.3) is 0 Å². The first-order valence-corrected chi connectivity index (χ1v) is 7.05. The molecule has 0 spiro atoms. The van der Waals surface area contributed by atoms with Gasteiger partial charge in [0.2, 0.25) is 0 Å². The predicted molar refractivity (Wildman–Crippen MR) is 83.1 cm³/mol. The van der Waals surface area contributed by atoms with Crippen molar-refractivity contribution < 1.29 is 9.59 Å². The molecule has 0 aliphatic heterocycles. The van der Waals surface area contributed by atoms with Crippen molar-refractivity contribution in [2.75, 3.05) is 24.1 Å². The summed E-state index contributed by atoms with van der Waals surface area (Å²) >= 11 is 1.13. The van der Waals surface area contributed by atoms with Crippen LogP contribution in [0.4, 0.5) is 10.7 Å². The summed E-state index contributed by atoms with van der Waals surface area (Å²) < 4.78 is 0. The van der Waals surface area contributed by atoms with Gasteiger partial charge in [0.1, 0.15) is 9.88 Å². The van der Waals surface area contributed by atoms with Gasteiger partial charge in [-0.25, -0.2) is 0 Å². The molecule has 0 aliphatic rings. The zero-order valence-electron chi connectivity index (χ0n) is 11.7. The molecule has 20 heavy (non-hydrogen) atoms. The van der Waals surface area contributed by atoms with Crippen LogP contribution in [0.2, 0.25) is 0 Å². The SMILES string of the molecule is C=CCNC(=O)c1sc(NCC(C)C)c(C(N)=O)c1N. The molecule has 1 aromatic heterocycles. The summed E-state index contributed by atoms with van der Waals surface area (Å²) in [5.74, 6) is -0.600. The van der Waals surface area contributed by atoms with Gasteiger partial charge in [-0.15, -0.1) is 17.9 Å². The molecule has 110 valence electrons. The number of rotatable bonds is 7. The quantitative estimate of drug-likeness (QED) is 0.570. The van der Waals surface area contributed by atoms with Crippen LogP contribution in [0, 0.1) is 5.92 Å². The third kappa shape index (κ3) is 3.74. The van der Waals surface area contributed by atoms with Crippen molar-refractivity contribution in [1.82, 2.24) is 5.32 Å². The lowest BCUT2D eigenvalue weighted by molar-refractivity contribution is 0.0962. The van der Waals surface area contributed by atoms with E-state index in [9.17, 15) is 9.59 Å². The summed E-state index contributed by atoms with van der Waals surface area (Å²) in [7, 11) is 0. The number of hydrogen-bond donors (Lipinski definition) is 4. The number of carbonyl (C=O) groups is 2. The highest BCUT2D eigenvalue weighted by Crippen LogP contribution is 2.35. The van der Waals surface area contributed by atoms with E-state index in [0.717, 1.165) is 11.3 Å². The summed E-state index contributed by atoms with van der Waals surface area (Å²) in [6.07, 6.45) is 1.56. The Hall–Kier alpha value is -2.02. The Kier molecular flexibility index (Phi) is 5.57. The second-order valence-corrected chi connectivity index (χ2v) is 5.71. The van der Waals surface area contributed by atoms with Crippen LogP contribution in [-0.2, 0) is 0 Å². The molecule has 0 radical (unpaired) electrons. The molecular weight excluding hydrogens is 276 g/mol. The van der Waals surface area contributed by atoms with Crippen molar-refractivity contribution in [2.24, 2.45) is 11.7 Å². The van der Waals surface area contributed by atoms with Crippen LogP contribution < -0.4 is 22.1 Å². The van der Waals surface area contributed by atoms with E-state index in [1.54, 1.807) is 6.08 Å². The van der Waals surface area contributed by atoms with E-state index in [2.05, 4.69) is 17.2 Å². The van der Waals surface area contributed by atoms with E-state index in [4.69, 9.17) is 11.5 Å². The average molecular weight is 296 g/mol. The molecule has 6 N–H and O–H groups in total. The van der Waals surface area contributed by atoms with Gasteiger partial charge < -0.3 is 22.1 Å². The topological polar surface area (TPSA) is 110 Å². The Morgan fingerprint density at radius 3 is 2.60 bits per heavy atom. The van der Waals surface area contributed by atoms with Gasteiger partial charge >= 0.3 is 0 Å². The summed E-state index contributed by atoms with van der Waals surface area (Å²) in [5.41, 5.74) is 11.5. The minimum atomic E-state index is -0.646. The van der Waals surface area contributed by atoms with Gasteiger partial charge in [0.15, 0.2) is 0 Å². The van der Waals surface area contributed by atoms with Crippen LogP contribution in [0.3, 0.4) is 0 Å². The fourth-order valence-electron chi connectivity index (χ4n) is 1.52. The zero-order valence-corrected chi connectivity index (χ0v) is 12.5. The van der Waals surface area contributed by atoms with Crippen molar-refractivity contribution in [1.29, 1.82) is 0 Å². The van der Waals surface area contributed by atoms with Crippen LogP contribution in [0.15, 0.2) is 12.7 Å². The van der Waals surface area contributed by atoms with Gasteiger partial charge in [-0.05, 0) is 5.92 Å². The van der Waals surface area contributed by atoms with Crippen LogP contribution in [0.1, 0.15) is 33.9 Å². The predicted octanol–water partition coefficient (Wildman–Crippen LogP) is 1.41. The van der Waals surface area contributed by atoms with E-state index >= 15 is 0 Å². The van der Waals surface area contributed by atoms with Gasteiger partial charge in [-0.2, -0.15) is 0 Å². The molecule has 0 saturated carbocycles. The maximum absolute atomic E-state index is 11.9. The highest BCUT2D eigenvalue weighted by Gasteiger charge is 2.23. The summed E-state index contributed by atoms with van der Waals surface area (Å²) in [6.45, 7) is 8.58. The number of nitrogen functional groups attached to an aromatic ring is 1.